The van der Waals surface area contributed by atoms with Gasteiger partial charge in [-0.05, 0) is 70.6 Å². The monoisotopic (exact) mass is 948 g/mol. The maximum Gasteiger partial charge on any atom is 0.220 e. The zero-order valence-corrected chi connectivity index (χ0v) is 40.6. The molecular weight excluding hydrogens is 859 g/mol. The molecule has 2 aliphatic heterocycles. The molecule has 384 valence electrons. The van der Waals surface area contributed by atoms with Gasteiger partial charge in [0, 0.05) is 6.42 Å². The Morgan fingerprint density at radius 3 is 1.58 bits per heavy atom. The zero-order chi connectivity index (χ0) is 48.9. The number of rotatable bonds is 37. The Morgan fingerprint density at radius 1 is 0.552 bits per heavy atom. The second kappa shape index (κ2) is 39.0. The van der Waals surface area contributed by atoms with E-state index in [1.165, 1.54) is 32.1 Å². The Kier molecular flexibility index (Phi) is 35.1. The summed E-state index contributed by atoms with van der Waals surface area (Å²) in [5, 5.41) is 86.6. The summed E-state index contributed by atoms with van der Waals surface area (Å²) in [6.07, 6.45) is 33.4. The standard InChI is InChI=1S/C53H89NO13/c1-3-5-7-9-11-13-15-16-17-18-19-20-21-22-23-24-25-26-27-29-31-33-35-37-45(58)54-41(42(57)36-34-32-30-28-14-12-10-8-6-4-2)40-64-52-50(63)48(61)51(44(39-56)66-52)67-53-49(62)47(60)46(59)43(38-55)65-53/h5,7,11,13,16-17,19-20,22-23,25-26,34,36,41-44,46-53,55-57,59-63H,3-4,6,8-10,12,14-15,18,21,24,27-33,35,37-40H2,1-2H3,(H,54,58)/b7-5-,13-11-,17-16-,20-19-,23-22-,26-25-,36-34+. The van der Waals surface area contributed by atoms with E-state index in [0.29, 0.717) is 6.42 Å². The van der Waals surface area contributed by atoms with E-state index in [9.17, 15) is 45.6 Å². The van der Waals surface area contributed by atoms with Crippen LogP contribution in [0.25, 0.3) is 0 Å². The van der Waals surface area contributed by atoms with Gasteiger partial charge in [-0.1, -0.05) is 157 Å². The van der Waals surface area contributed by atoms with Crippen molar-refractivity contribution in [2.45, 2.75) is 222 Å². The number of unbranched alkanes of at least 4 members (excludes halogenated alkanes) is 12. The third kappa shape index (κ3) is 26.1. The number of hydrogen-bond acceptors (Lipinski definition) is 13. The molecule has 0 spiro atoms. The molecule has 12 atom stereocenters. The largest absolute Gasteiger partial charge is 0.394 e. The van der Waals surface area contributed by atoms with Gasteiger partial charge >= 0.3 is 0 Å². The molecule has 0 aromatic carbocycles. The minimum Gasteiger partial charge on any atom is -0.394 e. The predicted molar refractivity (Wildman–Crippen MR) is 263 cm³/mol. The number of ether oxygens (including phenoxy) is 4. The van der Waals surface area contributed by atoms with E-state index < -0.39 is 86.8 Å². The molecular formula is C53H89NO13. The third-order valence-corrected chi connectivity index (χ3v) is 11.8. The lowest BCUT2D eigenvalue weighted by atomic mass is 9.97. The molecule has 2 fully saturated rings. The van der Waals surface area contributed by atoms with Gasteiger partial charge in [-0.25, -0.2) is 0 Å². The Labute approximate surface area is 401 Å². The minimum absolute atomic E-state index is 0.246. The summed E-state index contributed by atoms with van der Waals surface area (Å²) in [5.74, 6) is -0.271. The van der Waals surface area contributed by atoms with Crippen LogP contribution in [0.15, 0.2) is 85.1 Å². The van der Waals surface area contributed by atoms with Crippen molar-refractivity contribution in [3.63, 3.8) is 0 Å². The van der Waals surface area contributed by atoms with Crippen molar-refractivity contribution in [1.29, 1.82) is 0 Å². The number of aliphatic hydroxyl groups excluding tert-OH is 8. The molecule has 2 aliphatic rings. The SMILES string of the molecule is CC/C=C\C/C=C\C/C=C\C/C=C\C/C=C\C/C=C\CCCCCCC(=O)NC(COC1OC(CO)C(OC2OC(CO)C(O)C(O)C2O)C(O)C1O)C(O)/C=C/CCCCCCCCCC. The summed E-state index contributed by atoms with van der Waals surface area (Å²) < 4.78 is 22.6. The first kappa shape index (κ1) is 60.3. The van der Waals surface area contributed by atoms with E-state index in [-0.39, 0.29) is 18.9 Å². The van der Waals surface area contributed by atoms with E-state index >= 15 is 0 Å². The molecule has 0 aliphatic carbocycles. The van der Waals surface area contributed by atoms with Crippen molar-refractivity contribution in [1.82, 2.24) is 5.32 Å². The molecule has 9 N–H and O–H groups in total. The average Bonchev–Trinajstić information content (AvgIpc) is 3.32. The first-order chi connectivity index (χ1) is 32.6. The lowest BCUT2D eigenvalue weighted by Gasteiger charge is -2.46. The number of nitrogens with one attached hydrogen (secondary N) is 1. The molecule has 2 heterocycles. The topological polar surface area (TPSA) is 228 Å². The van der Waals surface area contributed by atoms with Crippen LogP contribution in [0, 0.1) is 0 Å². The summed E-state index contributed by atoms with van der Waals surface area (Å²) >= 11 is 0. The van der Waals surface area contributed by atoms with Crippen LogP contribution in [0.4, 0.5) is 0 Å². The van der Waals surface area contributed by atoms with Crippen LogP contribution < -0.4 is 5.32 Å². The fourth-order valence-electron chi connectivity index (χ4n) is 7.70. The highest BCUT2D eigenvalue weighted by Crippen LogP contribution is 2.30. The highest BCUT2D eigenvalue weighted by molar-refractivity contribution is 5.76. The number of carbonyl (C=O) groups is 1. The smallest absolute Gasteiger partial charge is 0.220 e. The lowest BCUT2D eigenvalue weighted by molar-refractivity contribution is -0.359. The highest BCUT2D eigenvalue weighted by atomic mass is 16.7. The Balaban J connectivity index is 1.81. The van der Waals surface area contributed by atoms with E-state index in [4.69, 9.17) is 18.9 Å². The van der Waals surface area contributed by atoms with Crippen LogP contribution >= 0.6 is 0 Å². The number of hydrogen-bond donors (Lipinski definition) is 9. The summed E-state index contributed by atoms with van der Waals surface area (Å²) in [6.45, 7) is 2.60. The van der Waals surface area contributed by atoms with E-state index in [1.54, 1.807) is 6.08 Å². The molecule has 1 amide bonds. The summed E-state index contributed by atoms with van der Waals surface area (Å²) in [5.41, 5.74) is 0. The van der Waals surface area contributed by atoms with Crippen molar-refractivity contribution >= 4 is 5.91 Å². The minimum atomic E-state index is -1.79. The van der Waals surface area contributed by atoms with Crippen LogP contribution in [0.5, 0.6) is 0 Å². The molecule has 14 nitrogen and oxygen atoms in total. The first-order valence-electron chi connectivity index (χ1n) is 25.3. The molecule has 0 bridgehead atoms. The molecule has 0 radical (unpaired) electrons. The summed E-state index contributed by atoms with van der Waals surface area (Å²) in [7, 11) is 0. The van der Waals surface area contributed by atoms with Crippen LogP contribution in [0.2, 0.25) is 0 Å². The summed E-state index contributed by atoms with van der Waals surface area (Å²) in [4.78, 5) is 13.1. The van der Waals surface area contributed by atoms with E-state index in [1.807, 2.05) is 6.08 Å². The predicted octanol–water partition coefficient (Wildman–Crippen LogP) is 6.60. The Bertz CT molecular complexity index is 1450. The molecule has 0 aromatic heterocycles. The van der Waals surface area contributed by atoms with Gasteiger partial charge in [0.2, 0.25) is 5.91 Å². The molecule has 14 heteroatoms. The number of aliphatic hydroxyl groups is 8. The van der Waals surface area contributed by atoms with Crippen molar-refractivity contribution in [2.75, 3.05) is 19.8 Å². The highest BCUT2D eigenvalue weighted by Gasteiger charge is 2.51. The van der Waals surface area contributed by atoms with Gasteiger partial charge in [0.25, 0.3) is 0 Å². The number of carbonyl (C=O) groups excluding carboxylic acids is 1. The fraction of sp³-hybridized carbons (Fsp3) is 0.717. The van der Waals surface area contributed by atoms with Gasteiger partial charge in [0.1, 0.15) is 48.8 Å². The lowest BCUT2D eigenvalue weighted by Crippen LogP contribution is -2.65. The van der Waals surface area contributed by atoms with Crippen molar-refractivity contribution in [3.05, 3.63) is 85.1 Å². The van der Waals surface area contributed by atoms with E-state index in [0.717, 1.165) is 89.9 Å². The first-order valence-corrected chi connectivity index (χ1v) is 25.3. The third-order valence-electron chi connectivity index (χ3n) is 11.8. The van der Waals surface area contributed by atoms with Crippen LogP contribution in [0.1, 0.15) is 149 Å². The van der Waals surface area contributed by atoms with Crippen molar-refractivity contribution < 1.29 is 64.6 Å². The van der Waals surface area contributed by atoms with Gasteiger partial charge in [-0.15, -0.1) is 0 Å². The second-order valence-electron chi connectivity index (χ2n) is 17.6. The number of allylic oxidation sites excluding steroid dienone is 13. The van der Waals surface area contributed by atoms with E-state index in [2.05, 4.69) is 92.1 Å². The zero-order valence-electron chi connectivity index (χ0n) is 40.6. The van der Waals surface area contributed by atoms with Gasteiger partial charge in [-0.2, -0.15) is 0 Å². The van der Waals surface area contributed by atoms with Crippen LogP contribution in [0.3, 0.4) is 0 Å². The Morgan fingerprint density at radius 2 is 1.03 bits per heavy atom. The van der Waals surface area contributed by atoms with Gasteiger partial charge < -0.3 is 65.1 Å². The molecule has 0 saturated carbocycles. The maximum atomic E-state index is 13.1. The number of amides is 1. The van der Waals surface area contributed by atoms with Crippen molar-refractivity contribution in [3.8, 4) is 0 Å². The summed E-state index contributed by atoms with van der Waals surface area (Å²) in [6, 6.07) is -0.931. The van der Waals surface area contributed by atoms with Crippen LogP contribution in [-0.2, 0) is 23.7 Å². The van der Waals surface area contributed by atoms with Crippen LogP contribution in [-0.4, -0.2) is 140 Å². The molecule has 2 saturated heterocycles. The molecule has 2 rings (SSSR count). The average molecular weight is 948 g/mol. The van der Waals surface area contributed by atoms with Gasteiger partial charge in [0.15, 0.2) is 12.6 Å². The Hall–Kier alpha value is -2.83. The maximum absolute atomic E-state index is 13.1. The van der Waals surface area contributed by atoms with Gasteiger partial charge in [0.05, 0.1) is 32.0 Å². The quantitative estimate of drug-likeness (QED) is 0.0237. The molecule has 67 heavy (non-hydrogen) atoms. The molecule has 12 unspecified atom stereocenters. The van der Waals surface area contributed by atoms with Crippen molar-refractivity contribution in [2.24, 2.45) is 0 Å². The fourth-order valence-corrected chi connectivity index (χ4v) is 7.70. The second-order valence-corrected chi connectivity index (χ2v) is 17.6. The normalized spacial score (nSPS) is 27.3. The van der Waals surface area contributed by atoms with Gasteiger partial charge in [-0.3, -0.25) is 4.79 Å². The molecule has 0 aromatic rings.